The number of methoxy groups -OCH3 is 1. The van der Waals surface area contributed by atoms with E-state index in [1.54, 1.807) is 24.5 Å². The van der Waals surface area contributed by atoms with E-state index < -0.39 is 17.7 Å². The van der Waals surface area contributed by atoms with Crippen molar-refractivity contribution in [3.63, 3.8) is 0 Å². The Labute approximate surface area is 158 Å². The number of rotatable bonds is 5. The van der Waals surface area contributed by atoms with Gasteiger partial charge in [0.15, 0.2) is 0 Å². The zero-order valence-corrected chi connectivity index (χ0v) is 15.6. The Bertz CT molecular complexity index is 906. The molecule has 0 saturated carbocycles. The molecule has 2 aromatic rings. The minimum Gasteiger partial charge on any atom is -0.507 e. The number of aromatic nitrogens is 1. The molecular formula is C21H22N2O4. The highest BCUT2D eigenvalue weighted by atomic mass is 16.5. The van der Waals surface area contributed by atoms with Crippen LogP contribution in [0.5, 0.6) is 0 Å². The molecule has 1 amide bonds. The van der Waals surface area contributed by atoms with E-state index in [1.807, 2.05) is 32.0 Å². The van der Waals surface area contributed by atoms with E-state index in [1.165, 1.54) is 12.0 Å². The van der Waals surface area contributed by atoms with Gasteiger partial charge in [0.05, 0.1) is 18.2 Å². The number of hydrogen-bond acceptors (Lipinski definition) is 5. The summed E-state index contributed by atoms with van der Waals surface area (Å²) in [5.41, 5.74) is 3.15. The fourth-order valence-electron chi connectivity index (χ4n) is 3.33. The number of carbonyl (C=O) groups excluding carboxylic acids is 2. The third kappa shape index (κ3) is 3.48. The van der Waals surface area contributed by atoms with Crippen LogP contribution in [0.25, 0.3) is 5.76 Å². The molecular weight excluding hydrogens is 344 g/mol. The van der Waals surface area contributed by atoms with Gasteiger partial charge in [-0.25, -0.2) is 0 Å². The summed E-state index contributed by atoms with van der Waals surface area (Å²) in [7, 11) is 1.54. The van der Waals surface area contributed by atoms with Crippen LogP contribution in [0.3, 0.4) is 0 Å². The number of carbonyl (C=O) groups is 2. The third-order valence-corrected chi connectivity index (χ3v) is 4.75. The fraction of sp³-hybridized carbons (Fsp3) is 0.286. The van der Waals surface area contributed by atoms with Crippen LogP contribution < -0.4 is 0 Å². The van der Waals surface area contributed by atoms with Crippen molar-refractivity contribution in [2.45, 2.75) is 19.9 Å². The predicted molar refractivity (Wildman–Crippen MR) is 101 cm³/mol. The Hall–Kier alpha value is -2.99. The monoisotopic (exact) mass is 366 g/mol. The molecule has 140 valence electrons. The average Bonchev–Trinajstić information content (AvgIpc) is 2.93. The number of aryl methyl sites for hydroxylation is 2. The normalized spacial score (nSPS) is 18.9. The highest BCUT2D eigenvalue weighted by Crippen LogP contribution is 2.39. The number of pyridine rings is 1. The van der Waals surface area contributed by atoms with Crippen molar-refractivity contribution in [2.75, 3.05) is 20.3 Å². The molecule has 6 heteroatoms. The van der Waals surface area contributed by atoms with E-state index in [0.29, 0.717) is 11.1 Å². The zero-order chi connectivity index (χ0) is 19.6. The van der Waals surface area contributed by atoms with E-state index in [4.69, 9.17) is 4.74 Å². The summed E-state index contributed by atoms with van der Waals surface area (Å²) in [6.45, 7) is 4.31. The number of aliphatic hydroxyl groups excluding tert-OH is 1. The van der Waals surface area contributed by atoms with Crippen LogP contribution >= 0.6 is 0 Å². The standard InChI is InChI=1S/C21H22N2O4/c1-13-4-5-14(2)16(12-13)19(24)17-18(15-6-8-22-9-7-15)23(10-11-27-3)21(26)20(17)25/h4-9,12,18,24H,10-11H2,1-3H3/t18-/m1/s1. The molecule has 1 aliphatic heterocycles. The summed E-state index contributed by atoms with van der Waals surface area (Å²) in [6.07, 6.45) is 3.20. The average molecular weight is 366 g/mol. The summed E-state index contributed by atoms with van der Waals surface area (Å²) in [5, 5.41) is 11.0. The van der Waals surface area contributed by atoms with Crippen molar-refractivity contribution < 1.29 is 19.4 Å². The van der Waals surface area contributed by atoms with Gasteiger partial charge in [0.2, 0.25) is 0 Å². The van der Waals surface area contributed by atoms with Crippen LogP contribution in [-0.4, -0.2) is 46.9 Å². The lowest BCUT2D eigenvalue weighted by molar-refractivity contribution is -0.140. The molecule has 0 unspecified atom stereocenters. The van der Waals surface area contributed by atoms with E-state index in [0.717, 1.165) is 11.1 Å². The topological polar surface area (TPSA) is 79.7 Å². The van der Waals surface area contributed by atoms with E-state index in [2.05, 4.69) is 4.98 Å². The molecule has 1 atom stereocenters. The molecule has 0 bridgehead atoms. The van der Waals surface area contributed by atoms with Crippen molar-refractivity contribution in [3.8, 4) is 0 Å². The fourth-order valence-corrected chi connectivity index (χ4v) is 3.33. The molecule has 6 nitrogen and oxygen atoms in total. The predicted octanol–water partition coefficient (Wildman–Crippen LogP) is 2.77. The summed E-state index contributed by atoms with van der Waals surface area (Å²) in [6, 6.07) is 8.44. The van der Waals surface area contributed by atoms with Gasteiger partial charge in [-0.2, -0.15) is 0 Å². The highest BCUT2D eigenvalue weighted by molar-refractivity contribution is 6.46. The van der Waals surface area contributed by atoms with Gasteiger partial charge in [-0.05, 0) is 43.2 Å². The number of likely N-dealkylation sites (tertiary alicyclic amines) is 1. The van der Waals surface area contributed by atoms with Crippen LogP contribution in [0.15, 0.2) is 48.3 Å². The summed E-state index contributed by atoms with van der Waals surface area (Å²) < 4.78 is 5.09. The second-order valence-corrected chi connectivity index (χ2v) is 6.58. The van der Waals surface area contributed by atoms with Crippen LogP contribution in [0.4, 0.5) is 0 Å². The van der Waals surface area contributed by atoms with Gasteiger partial charge in [-0.1, -0.05) is 17.7 Å². The number of aliphatic hydroxyl groups is 1. The molecule has 27 heavy (non-hydrogen) atoms. The van der Waals surface area contributed by atoms with Gasteiger partial charge in [0.25, 0.3) is 11.7 Å². The van der Waals surface area contributed by atoms with Gasteiger partial charge in [0.1, 0.15) is 5.76 Å². The third-order valence-electron chi connectivity index (χ3n) is 4.75. The van der Waals surface area contributed by atoms with Crippen LogP contribution in [-0.2, 0) is 14.3 Å². The maximum atomic E-state index is 12.8. The summed E-state index contributed by atoms with van der Waals surface area (Å²) >= 11 is 0. The minimum atomic E-state index is -0.689. The summed E-state index contributed by atoms with van der Waals surface area (Å²) in [4.78, 5) is 30.9. The largest absolute Gasteiger partial charge is 0.507 e. The van der Waals surface area contributed by atoms with Crippen LogP contribution in [0.2, 0.25) is 0 Å². The molecule has 1 aromatic carbocycles. The zero-order valence-electron chi connectivity index (χ0n) is 15.6. The molecule has 0 radical (unpaired) electrons. The number of Topliss-reactive ketones (excluding diaryl/α,β-unsaturated/α-hetero) is 1. The Balaban J connectivity index is 2.20. The van der Waals surface area contributed by atoms with Crippen LogP contribution in [0.1, 0.15) is 28.3 Å². The van der Waals surface area contributed by atoms with Gasteiger partial charge in [-0.15, -0.1) is 0 Å². The number of benzene rings is 1. The highest BCUT2D eigenvalue weighted by Gasteiger charge is 2.45. The first-order chi connectivity index (χ1) is 13.0. The number of ether oxygens (including phenoxy) is 1. The lowest BCUT2D eigenvalue weighted by Gasteiger charge is -2.25. The van der Waals surface area contributed by atoms with E-state index in [9.17, 15) is 14.7 Å². The number of hydrogen-bond donors (Lipinski definition) is 1. The number of ketones is 1. The maximum Gasteiger partial charge on any atom is 0.295 e. The first-order valence-electron chi connectivity index (χ1n) is 8.70. The molecule has 1 fully saturated rings. The quantitative estimate of drug-likeness (QED) is 0.500. The minimum absolute atomic E-state index is 0.0935. The Kier molecular flexibility index (Phi) is 5.37. The lowest BCUT2D eigenvalue weighted by Crippen LogP contribution is -2.32. The SMILES string of the molecule is COCCN1C(=O)C(=O)C(=C(O)c2cc(C)ccc2C)[C@H]1c1ccncc1. The van der Waals surface area contributed by atoms with Gasteiger partial charge >= 0.3 is 0 Å². The van der Waals surface area contributed by atoms with Crippen molar-refractivity contribution in [2.24, 2.45) is 0 Å². The lowest BCUT2D eigenvalue weighted by atomic mass is 9.94. The second kappa shape index (κ2) is 7.72. The van der Waals surface area contributed by atoms with Crippen molar-refractivity contribution in [1.29, 1.82) is 0 Å². The van der Waals surface area contributed by atoms with Crippen molar-refractivity contribution in [1.82, 2.24) is 9.88 Å². The van der Waals surface area contributed by atoms with Crippen molar-refractivity contribution in [3.05, 3.63) is 70.6 Å². The Morgan fingerprint density at radius 2 is 1.89 bits per heavy atom. The molecule has 1 aromatic heterocycles. The van der Waals surface area contributed by atoms with Gasteiger partial charge in [-0.3, -0.25) is 14.6 Å². The molecule has 1 N–H and O–H groups in total. The van der Waals surface area contributed by atoms with Gasteiger partial charge < -0.3 is 14.7 Å². The molecule has 1 saturated heterocycles. The smallest absolute Gasteiger partial charge is 0.295 e. The molecule has 0 spiro atoms. The first kappa shape index (κ1) is 18.8. The Morgan fingerprint density at radius 1 is 1.19 bits per heavy atom. The molecule has 3 rings (SSSR count). The van der Waals surface area contributed by atoms with E-state index in [-0.39, 0.29) is 24.5 Å². The molecule has 1 aliphatic rings. The summed E-state index contributed by atoms with van der Waals surface area (Å²) in [5.74, 6) is -1.48. The molecule has 2 heterocycles. The second-order valence-electron chi connectivity index (χ2n) is 6.58. The van der Waals surface area contributed by atoms with Crippen molar-refractivity contribution >= 4 is 17.4 Å². The number of nitrogens with zero attached hydrogens (tertiary/aromatic N) is 2. The maximum absolute atomic E-state index is 12.8. The van der Waals surface area contributed by atoms with Crippen LogP contribution in [0, 0.1) is 13.8 Å². The Morgan fingerprint density at radius 3 is 2.56 bits per heavy atom. The number of amides is 1. The van der Waals surface area contributed by atoms with Gasteiger partial charge in [0, 0.05) is 31.6 Å². The first-order valence-corrected chi connectivity index (χ1v) is 8.70. The molecule has 0 aliphatic carbocycles. The van der Waals surface area contributed by atoms with E-state index >= 15 is 0 Å².